The van der Waals surface area contributed by atoms with E-state index in [1.165, 1.54) is 11.8 Å². The number of carbonyl (C=O) groups excluding carboxylic acids is 2. The highest BCUT2D eigenvalue weighted by atomic mass is 32.2. The van der Waals surface area contributed by atoms with E-state index in [2.05, 4.69) is 15.6 Å². The molecule has 0 bridgehead atoms. The van der Waals surface area contributed by atoms with Gasteiger partial charge in [0.05, 0.1) is 28.6 Å². The van der Waals surface area contributed by atoms with Gasteiger partial charge in [0.25, 0.3) is 0 Å². The van der Waals surface area contributed by atoms with E-state index in [0.29, 0.717) is 33.9 Å². The highest BCUT2D eigenvalue weighted by Crippen LogP contribution is 2.31. The molecular formula is C19H23N3O5S2. The van der Waals surface area contributed by atoms with Crippen LogP contribution in [-0.2, 0) is 20.8 Å². The van der Waals surface area contributed by atoms with E-state index < -0.39 is 17.8 Å². The summed E-state index contributed by atoms with van der Waals surface area (Å²) in [5.74, 6) is -2.00. The SMILES string of the molecule is CSc1sc(NC(=O)C(=O)Nc2ccc(C)cc2OCC(C)C)nc1CC(=O)O. The first kappa shape index (κ1) is 22.7. The number of hydrogen-bond donors (Lipinski definition) is 3. The molecule has 0 atom stereocenters. The minimum atomic E-state index is -1.02. The van der Waals surface area contributed by atoms with Gasteiger partial charge in [0.15, 0.2) is 5.13 Å². The number of nitrogens with zero attached hydrogens (tertiary/aromatic N) is 1. The molecule has 0 aliphatic rings. The van der Waals surface area contributed by atoms with Crippen LogP contribution in [0.3, 0.4) is 0 Å². The quantitative estimate of drug-likeness (QED) is 0.428. The van der Waals surface area contributed by atoms with Crippen LogP contribution < -0.4 is 15.4 Å². The molecule has 8 nitrogen and oxygen atoms in total. The van der Waals surface area contributed by atoms with Gasteiger partial charge in [-0.15, -0.1) is 11.8 Å². The lowest BCUT2D eigenvalue weighted by atomic mass is 10.2. The summed E-state index contributed by atoms with van der Waals surface area (Å²) in [7, 11) is 0. The molecule has 3 N–H and O–H groups in total. The number of carboxylic acids is 1. The number of amides is 2. The highest BCUT2D eigenvalue weighted by molar-refractivity contribution is 8.00. The second kappa shape index (κ2) is 10.3. The Bertz CT molecular complexity index is 911. The summed E-state index contributed by atoms with van der Waals surface area (Å²) < 4.78 is 6.41. The average Bonchev–Trinajstić information content (AvgIpc) is 3.02. The van der Waals surface area contributed by atoms with E-state index in [1.807, 2.05) is 20.8 Å². The smallest absolute Gasteiger partial charge is 0.315 e. The summed E-state index contributed by atoms with van der Waals surface area (Å²) in [6.45, 7) is 6.40. The van der Waals surface area contributed by atoms with Gasteiger partial charge in [-0.2, -0.15) is 0 Å². The van der Waals surface area contributed by atoms with Crippen molar-refractivity contribution < 1.29 is 24.2 Å². The molecule has 0 aliphatic heterocycles. The van der Waals surface area contributed by atoms with Crippen LogP contribution in [0.25, 0.3) is 0 Å². The maximum atomic E-state index is 12.3. The number of aromatic nitrogens is 1. The molecule has 1 heterocycles. The molecule has 1 aromatic heterocycles. The van der Waals surface area contributed by atoms with E-state index >= 15 is 0 Å². The zero-order chi connectivity index (χ0) is 21.6. The molecule has 0 saturated carbocycles. The average molecular weight is 438 g/mol. The predicted molar refractivity (Wildman–Crippen MR) is 114 cm³/mol. The van der Waals surface area contributed by atoms with Gasteiger partial charge in [0, 0.05) is 0 Å². The number of benzene rings is 1. The van der Waals surface area contributed by atoms with Crippen LogP contribution in [0.4, 0.5) is 10.8 Å². The van der Waals surface area contributed by atoms with Crippen LogP contribution in [-0.4, -0.2) is 40.7 Å². The molecule has 0 saturated heterocycles. The van der Waals surface area contributed by atoms with Gasteiger partial charge in [0.1, 0.15) is 5.75 Å². The lowest BCUT2D eigenvalue weighted by Gasteiger charge is -2.14. The first-order chi connectivity index (χ1) is 13.7. The summed E-state index contributed by atoms with van der Waals surface area (Å²) >= 11 is 2.45. The van der Waals surface area contributed by atoms with Crippen molar-refractivity contribution in [2.24, 2.45) is 5.92 Å². The fraction of sp³-hybridized carbons (Fsp3) is 0.368. The van der Waals surface area contributed by atoms with Crippen molar-refractivity contribution in [3.05, 3.63) is 29.5 Å². The second-order valence-corrected chi connectivity index (χ2v) is 8.71. The van der Waals surface area contributed by atoms with E-state index in [9.17, 15) is 14.4 Å². The van der Waals surface area contributed by atoms with E-state index in [1.54, 1.807) is 24.5 Å². The molecule has 1 aromatic carbocycles. The van der Waals surface area contributed by atoms with Crippen molar-refractivity contribution >= 4 is 51.7 Å². The Labute approximate surface area is 177 Å². The molecule has 2 rings (SSSR count). The van der Waals surface area contributed by atoms with Crippen LogP contribution in [0, 0.1) is 12.8 Å². The van der Waals surface area contributed by atoms with Crippen LogP contribution in [0.2, 0.25) is 0 Å². The zero-order valence-corrected chi connectivity index (χ0v) is 18.2. The number of aryl methyl sites for hydroxylation is 1. The number of aliphatic carboxylic acids is 1. The van der Waals surface area contributed by atoms with Gasteiger partial charge in [0.2, 0.25) is 0 Å². The van der Waals surface area contributed by atoms with E-state index in [-0.39, 0.29) is 11.6 Å². The molecule has 156 valence electrons. The van der Waals surface area contributed by atoms with Crippen molar-refractivity contribution in [2.45, 2.75) is 31.4 Å². The molecule has 29 heavy (non-hydrogen) atoms. The van der Waals surface area contributed by atoms with Gasteiger partial charge in [-0.05, 0) is 36.8 Å². The molecular weight excluding hydrogens is 414 g/mol. The van der Waals surface area contributed by atoms with Gasteiger partial charge < -0.3 is 15.2 Å². The monoisotopic (exact) mass is 437 g/mol. The molecule has 0 aliphatic carbocycles. The predicted octanol–water partition coefficient (Wildman–Crippen LogP) is 3.41. The molecule has 2 amide bonds. The number of ether oxygens (including phenoxy) is 1. The summed E-state index contributed by atoms with van der Waals surface area (Å²) in [5, 5.41) is 14.1. The van der Waals surface area contributed by atoms with Crippen LogP contribution in [0.15, 0.2) is 22.4 Å². The number of carboxylic acid groups (broad SMARTS) is 1. The number of hydrogen-bond acceptors (Lipinski definition) is 7. The van der Waals surface area contributed by atoms with Gasteiger partial charge in [-0.3, -0.25) is 19.7 Å². The van der Waals surface area contributed by atoms with Crippen molar-refractivity contribution in [2.75, 3.05) is 23.5 Å². The number of anilines is 2. The molecule has 2 aromatic rings. The molecule has 0 fully saturated rings. The summed E-state index contributed by atoms with van der Waals surface area (Å²) in [5.41, 5.74) is 1.71. The Kier molecular flexibility index (Phi) is 8.03. The van der Waals surface area contributed by atoms with E-state index in [0.717, 1.165) is 16.9 Å². The Morgan fingerprint density at radius 1 is 1.24 bits per heavy atom. The topological polar surface area (TPSA) is 118 Å². The standard InChI is InChI=1S/C19H23N3O5S2/c1-10(2)9-27-14-7-11(3)5-6-12(14)20-16(25)17(26)22-19-21-13(8-15(23)24)18(28-4)29-19/h5-7,10H,8-9H2,1-4H3,(H,20,25)(H,23,24)(H,21,22,26). The number of rotatable bonds is 8. The van der Waals surface area contributed by atoms with Crippen molar-refractivity contribution in [1.29, 1.82) is 0 Å². The van der Waals surface area contributed by atoms with Crippen molar-refractivity contribution in [3.63, 3.8) is 0 Å². The first-order valence-corrected chi connectivity index (χ1v) is 10.8. The Morgan fingerprint density at radius 2 is 1.93 bits per heavy atom. The zero-order valence-electron chi connectivity index (χ0n) is 16.6. The first-order valence-electron chi connectivity index (χ1n) is 8.80. The summed E-state index contributed by atoms with van der Waals surface area (Å²) in [6, 6.07) is 5.27. The van der Waals surface area contributed by atoms with Gasteiger partial charge in [-0.1, -0.05) is 31.3 Å². The number of thioether (sulfide) groups is 1. The Hall–Kier alpha value is -2.59. The molecule has 0 radical (unpaired) electrons. The Morgan fingerprint density at radius 3 is 2.55 bits per heavy atom. The van der Waals surface area contributed by atoms with Crippen LogP contribution in [0.1, 0.15) is 25.1 Å². The maximum absolute atomic E-state index is 12.3. The van der Waals surface area contributed by atoms with E-state index in [4.69, 9.17) is 9.84 Å². The largest absolute Gasteiger partial charge is 0.491 e. The lowest BCUT2D eigenvalue weighted by molar-refractivity contribution is -0.136. The fourth-order valence-electron chi connectivity index (χ4n) is 2.25. The second-order valence-electron chi connectivity index (χ2n) is 6.64. The maximum Gasteiger partial charge on any atom is 0.315 e. The Balaban J connectivity index is 2.09. The normalized spacial score (nSPS) is 10.7. The molecule has 0 unspecified atom stereocenters. The van der Waals surface area contributed by atoms with Crippen molar-refractivity contribution in [3.8, 4) is 5.75 Å². The van der Waals surface area contributed by atoms with Crippen LogP contribution >= 0.6 is 23.1 Å². The highest BCUT2D eigenvalue weighted by Gasteiger charge is 2.20. The number of nitrogens with one attached hydrogen (secondary N) is 2. The number of thiazole rings is 1. The summed E-state index contributed by atoms with van der Waals surface area (Å²) in [4.78, 5) is 39.6. The molecule has 0 spiro atoms. The minimum absolute atomic E-state index is 0.172. The van der Waals surface area contributed by atoms with Crippen LogP contribution in [0.5, 0.6) is 5.75 Å². The fourth-order valence-corrected chi connectivity index (χ4v) is 3.88. The third kappa shape index (κ3) is 6.75. The minimum Gasteiger partial charge on any atom is -0.491 e. The number of carbonyl (C=O) groups is 3. The van der Waals surface area contributed by atoms with Gasteiger partial charge >= 0.3 is 17.8 Å². The molecule has 10 heteroatoms. The third-order valence-electron chi connectivity index (χ3n) is 3.55. The van der Waals surface area contributed by atoms with Gasteiger partial charge in [-0.25, -0.2) is 4.98 Å². The summed E-state index contributed by atoms with van der Waals surface area (Å²) in [6.07, 6.45) is 1.53. The third-order valence-corrected chi connectivity index (χ3v) is 5.71. The lowest BCUT2D eigenvalue weighted by Crippen LogP contribution is -2.29. The van der Waals surface area contributed by atoms with Crippen molar-refractivity contribution in [1.82, 2.24) is 4.98 Å².